The first-order valence-corrected chi connectivity index (χ1v) is 7.63. The Morgan fingerprint density at radius 2 is 2.00 bits per heavy atom. The second-order valence-corrected chi connectivity index (χ2v) is 6.26. The zero-order valence-corrected chi connectivity index (χ0v) is 13.0. The minimum atomic E-state index is -4.46. The van der Waals surface area contributed by atoms with Crippen molar-refractivity contribution < 1.29 is 22.9 Å². The summed E-state index contributed by atoms with van der Waals surface area (Å²) in [5, 5.41) is 2.59. The molecule has 1 aliphatic heterocycles. The second kappa shape index (κ2) is 6.87. The lowest BCUT2D eigenvalue weighted by molar-refractivity contribution is -0.897. The van der Waals surface area contributed by atoms with Gasteiger partial charge in [0, 0.05) is 0 Å². The van der Waals surface area contributed by atoms with E-state index < -0.39 is 11.7 Å². The Morgan fingerprint density at radius 1 is 1.36 bits per heavy atom. The van der Waals surface area contributed by atoms with Crippen LogP contribution in [0.1, 0.15) is 25.3 Å². The number of halogens is 4. The van der Waals surface area contributed by atoms with Gasteiger partial charge in [0.05, 0.1) is 29.4 Å². The van der Waals surface area contributed by atoms with Crippen molar-refractivity contribution in [2.75, 3.05) is 25.0 Å². The Labute approximate surface area is 132 Å². The number of hydrogen-bond donors (Lipinski definition) is 2. The maximum Gasteiger partial charge on any atom is 0.416 e. The SMILES string of the molecule is CC1CC[NH+](CC(=O)Nc2cc(C(F)(F)F)ccc2Cl)CC1. The standard InChI is InChI=1S/C15H18ClF3N2O/c1-10-4-6-21(7-5-10)9-14(22)20-13-8-11(15(17,18)19)2-3-12(13)16/h2-3,8,10H,4-7,9H2,1H3,(H,20,22)/p+1. The molecule has 2 rings (SSSR count). The molecule has 0 bridgehead atoms. The monoisotopic (exact) mass is 335 g/mol. The third kappa shape index (κ3) is 4.61. The smallest absolute Gasteiger partial charge is 0.327 e. The van der Waals surface area contributed by atoms with E-state index in [1.807, 2.05) is 0 Å². The first kappa shape index (κ1) is 17.1. The summed E-state index contributed by atoms with van der Waals surface area (Å²) in [6.07, 6.45) is -2.34. The summed E-state index contributed by atoms with van der Waals surface area (Å²) in [7, 11) is 0. The number of amides is 1. The van der Waals surface area contributed by atoms with Gasteiger partial charge in [0.1, 0.15) is 0 Å². The number of quaternary nitrogens is 1. The Bertz CT molecular complexity index is 540. The van der Waals surface area contributed by atoms with Crippen molar-refractivity contribution in [2.24, 2.45) is 5.92 Å². The Hall–Kier alpha value is -1.27. The van der Waals surface area contributed by atoms with Crippen molar-refractivity contribution in [3.63, 3.8) is 0 Å². The minimum absolute atomic E-state index is 0.00580. The molecule has 1 amide bonds. The summed E-state index contributed by atoms with van der Waals surface area (Å²) in [6.45, 7) is 4.24. The fourth-order valence-corrected chi connectivity index (χ4v) is 2.73. The highest BCUT2D eigenvalue weighted by molar-refractivity contribution is 6.33. The first-order valence-electron chi connectivity index (χ1n) is 7.26. The van der Waals surface area contributed by atoms with Gasteiger partial charge < -0.3 is 10.2 Å². The molecule has 0 atom stereocenters. The van der Waals surface area contributed by atoms with E-state index in [-0.39, 0.29) is 23.2 Å². The molecule has 2 N–H and O–H groups in total. The topological polar surface area (TPSA) is 33.5 Å². The molecular weight excluding hydrogens is 317 g/mol. The van der Waals surface area contributed by atoms with Gasteiger partial charge in [-0.1, -0.05) is 18.5 Å². The highest BCUT2D eigenvalue weighted by Gasteiger charge is 2.31. The van der Waals surface area contributed by atoms with Crippen LogP contribution in [-0.2, 0) is 11.0 Å². The van der Waals surface area contributed by atoms with Crippen LogP contribution in [-0.4, -0.2) is 25.5 Å². The van der Waals surface area contributed by atoms with E-state index in [1.54, 1.807) is 0 Å². The maximum absolute atomic E-state index is 12.7. The summed E-state index contributed by atoms with van der Waals surface area (Å²) in [4.78, 5) is 13.2. The van der Waals surface area contributed by atoms with Gasteiger partial charge in [-0.3, -0.25) is 4.79 Å². The van der Waals surface area contributed by atoms with Crippen molar-refractivity contribution in [3.8, 4) is 0 Å². The summed E-state index contributed by atoms with van der Waals surface area (Å²) in [5.41, 5.74) is -0.822. The zero-order valence-electron chi connectivity index (χ0n) is 12.3. The van der Waals surface area contributed by atoms with Crippen molar-refractivity contribution in [2.45, 2.75) is 25.9 Å². The van der Waals surface area contributed by atoms with Crippen LogP contribution in [0.3, 0.4) is 0 Å². The van der Waals surface area contributed by atoms with Gasteiger partial charge in [-0.05, 0) is 37.0 Å². The van der Waals surface area contributed by atoms with Gasteiger partial charge in [-0.2, -0.15) is 13.2 Å². The lowest BCUT2D eigenvalue weighted by atomic mass is 9.99. The fourth-order valence-electron chi connectivity index (χ4n) is 2.57. The number of rotatable bonds is 3. The van der Waals surface area contributed by atoms with E-state index in [0.29, 0.717) is 5.92 Å². The number of anilines is 1. The fraction of sp³-hybridized carbons (Fsp3) is 0.533. The molecule has 1 aromatic carbocycles. The van der Waals surface area contributed by atoms with Gasteiger partial charge in [-0.15, -0.1) is 0 Å². The third-order valence-electron chi connectivity index (χ3n) is 3.96. The molecule has 122 valence electrons. The molecule has 1 aromatic rings. The minimum Gasteiger partial charge on any atom is -0.327 e. The predicted octanol–water partition coefficient (Wildman–Crippen LogP) is 2.61. The summed E-state index contributed by atoms with van der Waals surface area (Å²) >= 11 is 5.86. The molecule has 0 saturated carbocycles. The van der Waals surface area contributed by atoms with Crippen LogP contribution in [0.25, 0.3) is 0 Å². The van der Waals surface area contributed by atoms with Crippen LogP contribution >= 0.6 is 11.6 Å². The van der Waals surface area contributed by atoms with Crippen molar-refractivity contribution in [1.29, 1.82) is 0 Å². The van der Waals surface area contributed by atoms with E-state index in [2.05, 4.69) is 12.2 Å². The largest absolute Gasteiger partial charge is 0.416 e. The number of benzene rings is 1. The number of piperidine rings is 1. The van der Waals surface area contributed by atoms with E-state index in [9.17, 15) is 18.0 Å². The van der Waals surface area contributed by atoms with Gasteiger partial charge >= 0.3 is 6.18 Å². The number of carbonyl (C=O) groups is 1. The molecule has 0 radical (unpaired) electrons. The maximum atomic E-state index is 12.7. The molecule has 22 heavy (non-hydrogen) atoms. The Morgan fingerprint density at radius 3 is 2.59 bits per heavy atom. The molecule has 7 heteroatoms. The molecule has 3 nitrogen and oxygen atoms in total. The Balaban J connectivity index is 1.99. The van der Waals surface area contributed by atoms with E-state index in [4.69, 9.17) is 11.6 Å². The molecule has 1 heterocycles. The van der Waals surface area contributed by atoms with Gasteiger partial charge in [0.2, 0.25) is 0 Å². The summed E-state index contributed by atoms with van der Waals surface area (Å²) in [6, 6.07) is 2.92. The molecule has 0 spiro atoms. The lowest BCUT2D eigenvalue weighted by Gasteiger charge is -2.26. The van der Waals surface area contributed by atoms with E-state index in [1.165, 1.54) is 0 Å². The Kier molecular flexibility index (Phi) is 5.34. The molecule has 0 aliphatic carbocycles. The molecule has 0 aromatic heterocycles. The average molecular weight is 336 g/mol. The van der Waals surface area contributed by atoms with Crippen molar-refractivity contribution in [1.82, 2.24) is 0 Å². The van der Waals surface area contributed by atoms with Gasteiger partial charge in [0.15, 0.2) is 6.54 Å². The van der Waals surface area contributed by atoms with Crippen LogP contribution < -0.4 is 10.2 Å². The number of likely N-dealkylation sites (tertiary alicyclic amines) is 1. The quantitative estimate of drug-likeness (QED) is 0.874. The van der Waals surface area contributed by atoms with Crippen molar-refractivity contribution in [3.05, 3.63) is 28.8 Å². The first-order chi connectivity index (χ1) is 10.3. The molecule has 0 unspecified atom stereocenters. The molecule has 1 fully saturated rings. The van der Waals surface area contributed by atoms with Crippen LogP contribution in [0.5, 0.6) is 0 Å². The van der Waals surface area contributed by atoms with E-state index in [0.717, 1.165) is 49.0 Å². The summed E-state index contributed by atoms with van der Waals surface area (Å²) < 4.78 is 38.1. The highest BCUT2D eigenvalue weighted by Crippen LogP contribution is 2.33. The third-order valence-corrected chi connectivity index (χ3v) is 4.29. The van der Waals surface area contributed by atoms with Crippen LogP contribution in [0, 0.1) is 5.92 Å². The normalized spacial score (nSPS) is 22.4. The van der Waals surface area contributed by atoms with Crippen LogP contribution in [0.2, 0.25) is 5.02 Å². The predicted molar refractivity (Wildman–Crippen MR) is 79.0 cm³/mol. The number of nitrogens with one attached hydrogen (secondary N) is 2. The lowest BCUT2D eigenvalue weighted by Crippen LogP contribution is -3.14. The van der Waals surface area contributed by atoms with Crippen LogP contribution in [0.4, 0.5) is 18.9 Å². The summed E-state index contributed by atoms with van der Waals surface area (Å²) in [5.74, 6) is 0.357. The second-order valence-electron chi connectivity index (χ2n) is 5.85. The molecule has 1 aliphatic rings. The number of alkyl halides is 3. The zero-order chi connectivity index (χ0) is 16.3. The number of carbonyl (C=O) groups excluding carboxylic acids is 1. The van der Waals surface area contributed by atoms with E-state index >= 15 is 0 Å². The highest BCUT2D eigenvalue weighted by atomic mass is 35.5. The van der Waals surface area contributed by atoms with Gasteiger partial charge in [0.25, 0.3) is 5.91 Å². The van der Waals surface area contributed by atoms with Crippen LogP contribution in [0.15, 0.2) is 18.2 Å². The average Bonchev–Trinajstić information content (AvgIpc) is 2.42. The van der Waals surface area contributed by atoms with Gasteiger partial charge in [-0.25, -0.2) is 0 Å². The molecular formula is C15H19ClF3N2O+. The number of hydrogen-bond acceptors (Lipinski definition) is 1. The molecule has 1 saturated heterocycles. The van der Waals surface area contributed by atoms with Crippen molar-refractivity contribution >= 4 is 23.2 Å².